The third-order valence-electron chi connectivity index (χ3n) is 6.05. The van der Waals surface area contributed by atoms with Gasteiger partial charge < -0.3 is 14.4 Å². The van der Waals surface area contributed by atoms with Gasteiger partial charge in [-0.3, -0.25) is 14.4 Å². The number of amides is 1. The van der Waals surface area contributed by atoms with E-state index in [-0.39, 0.29) is 5.91 Å². The van der Waals surface area contributed by atoms with Gasteiger partial charge in [0, 0.05) is 63.2 Å². The molecule has 7 nitrogen and oxygen atoms in total. The number of rotatable bonds is 8. The van der Waals surface area contributed by atoms with Crippen molar-refractivity contribution >= 4 is 12.0 Å². The minimum absolute atomic E-state index is 0.0371. The molecule has 1 aromatic heterocycles. The van der Waals surface area contributed by atoms with E-state index in [9.17, 15) is 4.79 Å². The Morgan fingerprint density at radius 3 is 2.50 bits per heavy atom. The van der Waals surface area contributed by atoms with E-state index in [0.29, 0.717) is 6.61 Å². The molecule has 0 N–H and O–H groups in total. The van der Waals surface area contributed by atoms with Crippen LogP contribution in [-0.2, 0) is 25.0 Å². The molecular weight excluding hydrogens is 428 g/mol. The maximum absolute atomic E-state index is 12.8. The molecule has 1 aliphatic rings. The largest absolute Gasteiger partial charge is 0.496 e. The number of ether oxygens (including phenoxy) is 2. The number of piperazine rings is 1. The number of benzene rings is 2. The van der Waals surface area contributed by atoms with Crippen LogP contribution in [0, 0.1) is 6.92 Å². The maximum atomic E-state index is 12.8. The Bertz CT molecular complexity index is 1130. The summed E-state index contributed by atoms with van der Waals surface area (Å²) in [5.74, 6) is 1.60. The van der Waals surface area contributed by atoms with Crippen LogP contribution in [0.15, 0.2) is 60.8 Å². The van der Waals surface area contributed by atoms with Crippen molar-refractivity contribution in [1.82, 2.24) is 19.6 Å². The third-order valence-corrected chi connectivity index (χ3v) is 6.05. The predicted molar refractivity (Wildman–Crippen MR) is 133 cm³/mol. The predicted octanol–water partition coefficient (Wildman–Crippen LogP) is 3.67. The summed E-state index contributed by atoms with van der Waals surface area (Å²) in [4.78, 5) is 17.1. The van der Waals surface area contributed by atoms with Gasteiger partial charge in [-0.15, -0.1) is 0 Å². The first-order valence-corrected chi connectivity index (χ1v) is 11.5. The molecule has 7 heteroatoms. The number of hydrogen-bond donors (Lipinski definition) is 0. The summed E-state index contributed by atoms with van der Waals surface area (Å²) in [6, 6.07) is 15.5. The van der Waals surface area contributed by atoms with Gasteiger partial charge in [-0.25, -0.2) is 0 Å². The van der Waals surface area contributed by atoms with Gasteiger partial charge in [0.05, 0.1) is 12.8 Å². The molecular formula is C27H32N4O3. The molecule has 0 aliphatic carbocycles. The van der Waals surface area contributed by atoms with E-state index in [0.717, 1.165) is 61.0 Å². The summed E-state index contributed by atoms with van der Waals surface area (Å²) in [5.41, 5.74) is 4.18. The van der Waals surface area contributed by atoms with E-state index in [1.165, 1.54) is 5.56 Å². The van der Waals surface area contributed by atoms with Gasteiger partial charge in [0.1, 0.15) is 18.1 Å². The van der Waals surface area contributed by atoms with E-state index < -0.39 is 0 Å². The number of carbonyl (C=O) groups excluding carboxylic acids is 1. The van der Waals surface area contributed by atoms with Gasteiger partial charge in [0.15, 0.2) is 0 Å². The second-order valence-electron chi connectivity index (χ2n) is 8.52. The summed E-state index contributed by atoms with van der Waals surface area (Å²) < 4.78 is 13.2. The van der Waals surface area contributed by atoms with Gasteiger partial charge >= 0.3 is 0 Å². The molecule has 1 saturated heterocycles. The summed E-state index contributed by atoms with van der Waals surface area (Å²) in [5, 5.41) is 4.42. The molecule has 34 heavy (non-hydrogen) atoms. The zero-order chi connectivity index (χ0) is 23.9. The van der Waals surface area contributed by atoms with E-state index in [2.05, 4.69) is 16.2 Å². The molecule has 0 spiro atoms. The van der Waals surface area contributed by atoms with E-state index in [1.807, 2.05) is 78.2 Å². The number of methoxy groups -OCH3 is 1. The summed E-state index contributed by atoms with van der Waals surface area (Å²) >= 11 is 0. The summed E-state index contributed by atoms with van der Waals surface area (Å²) in [6.45, 7) is 6.47. The molecule has 0 radical (unpaired) electrons. The Kier molecular flexibility index (Phi) is 7.65. The highest BCUT2D eigenvalue weighted by atomic mass is 16.5. The minimum Gasteiger partial charge on any atom is -0.496 e. The molecule has 1 amide bonds. The lowest BCUT2D eigenvalue weighted by atomic mass is 10.1. The van der Waals surface area contributed by atoms with Crippen molar-refractivity contribution in [2.24, 2.45) is 7.05 Å². The van der Waals surface area contributed by atoms with E-state index >= 15 is 0 Å². The van der Waals surface area contributed by atoms with Crippen LogP contribution in [0.1, 0.15) is 22.4 Å². The molecule has 0 bridgehead atoms. The normalized spacial score (nSPS) is 14.5. The van der Waals surface area contributed by atoms with Crippen LogP contribution in [0.2, 0.25) is 0 Å². The Labute approximate surface area is 201 Å². The number of carbonyl (C=O) groups is 1. The lowest BCUT2D eigenvalue weighted by molar-refractivity contribution is -0.127. The van der Waals surface area contributed by atoms with Crippen LogP contribution in [0.5, 0.6) is 11.5 Å². The van der Waals surface area contributed by atoms with Crippen LogP contribution < -0.4 is 9.47 Å². The van der Waals surface area contributed by atoms with Crippen LogP contribution in [0.25, 0.3) is 6.08 Å². The van der Waals surface area contributed by atoms with Gasteiger partial charge in [0.2, 0.25) is 5.91 Å². The third kappa shape index (κ3) is 6.05. The highest BCUT2D eigenvalue weighted by Crippen LogP contribution is 2.23. The maximum Gasteiger partial charge on any atom is 0.246 e. The number of para-hydroxylation sites is 1. The van der Waals surface area contributed by atoms with Crippen molar-refractivity contribution in [3.8, 4) is 11.5 Å². The van der Waals surface area contributed by atoms with Gasteiger partial charge in [-0.05, 0) is 42.8 Å². The zero-order valence-corrected chi connectivity index (χ0v) is 20.1. The van der Waals surface area contributed by atoms with Crippen LogP contribution in [0.4, 0.5) is 0 Å². The Hall–Kier alpha value is -3.58. The van der Waals surface area contributed by atoms with Gasteiger partial charge in [-0.1, -0.05) is 24.3 Å². The fourth-order valence-corrected chi connectivity index (χ4v) is 4.14. The summed E-state index contributed by atoms with van der Waals surface area (Å²) in [7, 11) is 3.59. The van der Waals surface area contributed by atoms with Crippen molar-refractivity contribution in [2.75, 3.05) is 33.3 Å². The molecule has 1 aliphatic heterocycles. The standard InChI is InChI=1S/C27H32N4O3/c1-21-24(18-29(2)28-21)19-30-13-15-31(16-14-30)27(32)12-10-22-9-11-26(33-3)23(17-22)20-34-25-7-5-4-6-8-25/h4-12,17-18H,13-16,19-20H2,1-3H3/b12-10+. The highest BCUT2D eigenvalue weighted by molar-refractivity contribution is 5.91. The van der Waals surface area contributed by atoms with Crippen molar-refractivity contribution in [1.29, 1.82) is 0 Å². The second-order valence-corrected chi connectivity index (χ2v) is 8.52. The fourth-order valence-electron chi connectivity index (χ4n) is 4.14. The minimum atomic E-state index is 0.0371. The van der Waals surface area contributed by atoms with Crippen molar-refractivity contribution in [3.63, 3.8) is 0 Å². The molecule has 0 atom stereocenters. The fraction of sp³-hybridized carbons (Fsp3) is 0.333. The molecule has 0 unspecified atom stereocenters. The Morgan fingerprint density at radius 1 is 1.06 bits per heavy atom. The Balaban J connectivity index is 1.32. The first kappa shape index (κ1) is 23.6. The lowest BCUT2D eigenvalue weighted by Gasteiger charge is -2.34. The molecule has 1 fully saturated rings. The molecule has 3 aromatic rings. The zero-order valence-electron chi connectivity index (χ0n) is 20.1. The van der Waals surface area contributed by atoms with E-state index in [1.54, 1.807) is 13.2 Å². The van der Waals surface area contributed by atoms with Crippen molar-refractivity contribution in [3.05, 3.63) is 83.2 Å². The van der Waals surface area contributed by atoms with Crippen molar-refractivity contribution in [2.45, 2.75) is 20.1 Å². The smallest absolute Gasteiger partial charge is 0.246 e. The number of hydrogen-bond acceptors (Lipinski definition) is 5. The lowest BCUT2D eigenvalue weighted by Crippen LogP contribution is -2.47. The van der Waals surface area contributed by atoms with Crippen LogP contribution in [-0.4, -0.2) is 58.8 Å². The Morgan fingerprint density at radius 2 is 1.82 bits per heavy atom. The quantitative estimate of drug-likeness (QED) is 0.480. The van der Waals surface area contributed by atoms with Gasteiger partial charge in [0.25, 0.3) is 0 Å². The van der Waals surface area contributed by atoms with Crippen LogP contribution in [0.3, 0.4) is 0 Å². The highest BCUT2D eigenvalue weighted by Gasteiger charge is 2.20. The van der Waals surface area contributed by atoms with Crippen molar-refractivity contribution < 1.29 is 14.3 Å². The number of nitrogens with zero attached hydrogens (tertiary/aromatic N) is 4. The first-order valence-electron chi connectivity index (χ1n) is 11.5. The van der Waals surface area contributed by atoms with E-state index in [4.69, 9.17) is 9.47 Å². The number of aromatic nitrogens is 2. The molecule has 2 aromatic carbocycles. The molecule has 4 rings (SSSR count). The van der Waals surface area contributed by atoms with Crippen LogP contribution >= 0.6 is 0 Å². The number of aryl methyl sites for hydroxylation is 2. The molecule has 178 valence electrons. The average Bonchev–Trinajstić information content (AvgIpc) is 3.18. The topological polar surface area (TPSA) is 59.8 Å². The van der Waals surface area contributed by atoms with Gasteiger partial charge in [-0.2, -0.15) is 5.10 Å². The molecule has 2 heterocycles. The molecule has 0 saturated carbocycles. The first-order chi connectivity index (χ1) is 16.5. The second kappa shape index (κ2) is 11.0. The monoisotopic (exact) mass is 460 g/mol. The average molecular weight is 461 g/mol. The summed E-state index contributed by atoms with van der Waals surface area (Å²) in [6.07, 6.45) is 5.59. The SMILES string of the molecule is COc1ccc(/C=C/C(=O)N2CCN(Cc3cn(C)nc3C)CC2)cc1COc1ccccc1.